The van der Waals surface area contributed by atoms with Gasteiger partial charge in [-0.25, -0.2) is 9.97 Å². The van der Waals surface area contributed by atoms with Gasteiger partial charge in [0.05, 0.1) is 29.9 Å². The lowest BCUT2D eigenvalue weighted by molar-refractivity contribution is 0.414. The van der Waals surface area contributed by atoms with Gasteiger partial charge in [0.2, 0.25) is 0 Å². The molecule has 3 N–H and O–H groups in total. The van der Waals surface area contributed by atoms with Crippen LogP contribution in [0, 0.1) is 5.41 Å². The van der Waals surface area contributed by atoms with Gasteiger partial charge in [-0.15, -0.1) is 0 Å². The van der Waals surface area contributed by atoms with Crippen molar-refractivity contribution >= 4 is 22.9 Å². The molecule has 3 aromatic rings. The average Bonchev–Trinajstić information content (AvgIpc) is 2.78. The summed E-state index contributed by atoms with van der Waals surface area (Å²) in [6, 6.07) is 14.1. The Hall–Kier alpha value is -3.61. The summed E-state index contributed by atoms with van der Waals surface area (Å²) in [5, 5.41) is 15.4. The number of anilines is 3. The second-order valence-corrected chi connectivity index (χ2v) is 8.17. The van der Waals surface area contributed by atoms with Gasteiger partial charge in [0.1, 0.15) is 17.3 Å². The average molecular weight is 433 g/mol. The van der Waals surface area contributed by atoms with Gasteiger partial charge in [-0.2, -0.15) is 0 Å². The van der Waals surface area contributed by atoms with Crippen molar-refractivity contribution in [1.29, 1.82) is 5.41 Å². The number of nitrogens with zero attached hydrogens (tertiary/aromatic N) is 3. The third kappa shape index (κ3) is 5.35. The molecule has 1 aromatic carbocycles. The molecule has 0 unspecified atom stereocenters. The Morgan fingerprint density at radius 1 is 1.16 bits per heavy atom. The highest BCUT2D eigenvalue weighted by atomic mass is 16.5. The van der Waals surface area contributed by atoms with Crippen LogP contribution in [0.2, 0.25) is 0 Å². The number of aromatic nitrogens is 2. The molecule has 0 aliphatic rings. The van der Waals surface area contributed by atoms with Gasteiger partial charge in [0, 0.05) is 38.4 Å². The van der Waals surface area contributed by atoms with Gasteiger partial charge < -0.3 is 25.7 Å². The van der Waals surface area contributed by atoms with Crippen molar-refractivity contribution in [2.45, 2.75) is 33.4 Å². The van der Waals surface area contributed by atoms with E-state index in [9.17, 15) is 0 Å². The van der Waals surface area contributed by atoms with Crippen molar-refractivity contribution < 1.29 is 4.74 Å². The van der Waals surface area contributed by atoms with Crippen molar-refractivity contribution in [2.75, 3.05) is 36.7 Å². The zero-order valence-corrected chi connectivity index (χ0v) is 19.7. The fourth-order valence-corrected chi connectivity index (χ4v) is 3.42. The molecule has 0 saturated heterocycles. The predicted octanol–water partition coefficient (Wildman–Crippen LogP) is 5.04. The van der Waals surface area contributed by atoms with Gasteiger partial charge in [0.15, 0.2) is 0 Å². The first-order valence-corrected chi connectivity index (χ1v) is 10.7. The monoisotopic (exact) mass is 432 g/mol. The van der Waals surface area contributed by atoms with Crippen molar-refractivity contribution in [3.8, 4) is 17.0 Å². The van der Waals surface area contributed by atoms with E-state index in [2.05, 4.69) is 29.5 Å². The van der Waals surface area contributed by atoms with Crippen molar-refractivity contribution in [3.63, 3.8) is 0 Å². The van der Waals surface area contributed by atoms with E-state index < -0.39 is 0 Å². The molecule has 0 amide bonds. The molecule has 0 saturated carbocycles. The van der Waals surface area contributed by atoms with Crippen LogP contribution in [-0.4, -0.2) is 42.9 Å². The number of hydrogen-bond donors (Lipinski definition) is 3. The van der Waals surface area contributed by atoms with Crippen LogP contribution >= 0.6 is 0 Å². The Labute approximate surface area is 190 Å². The van der Waals surface area contributed by atoms with Gasteiger partial charge in [-0.05, 0) is 56.7 Å². The Balaban J connectivity index is 2.08. The Bertz CT molecular complexity index is 1080. The molecule has 0 bridgehead atoms. The van der Waals surface area contributed by atoms with Crippen LogP contribution in [-0.2, 0) is 6.54 Å². The molecule has 0 radical (unpaired) electrons. The fraction of sp³-hybridized carbons (Fsp3) is 0.320. The molecule has 0 spiro atoms. The molecule has 0 fully saturated rings. The Morgan fingerprint density at radius 3 is 2.47 bits per heavy atom. The zero-order chi connectivity index (χ0) is 23.3. The first kappa shape index (κ1) is 23.1. The number of ether oxygens (including phenoxy) is 1. The minimum Gasteiger partial charge on any atom is -0.497 e. The lowest BCUT2D eigenvalue weighted by Gasteiger charge is -2.22. The summed E-state index contributed by atoms with van der Waals surface area (Å²) in [7, 11) is 5.59. The van der Waals surface area contributed by atoms with Crippen LogP contribution in [0.15, 0.2) is 48.7 Å². The number of pyridine rings is 2. The fourth-order valence-electron chi connectivity index (χ4n) is 3.42. The summed E-state index contributed by atoms with van der Waals surface area (Å²) in [6.07, 6.45) is 1.78. The van der Waals surface area contributed by atoms with Gasteiger partial charge in [-0.3, -0.25) is 0 Å². The molecule has 0 aliphatic heterocycles. The van der Waals surface area contributed by atoms with Crippen LogP contribution in [0.1, 0.15) is 32.0 Å². The molecule has 32 heavy (non-hydrogen) atoms. The molecule has 2 heterocycles. The van der Waals surface area contributed by atoms with Crippen LogP contribution < -0.4 is 20.3 Å². The van der Waals surface area contributed by atoms with E-state index in [0.29, 0.717) is 18.0 Å². The maximum Gasteiger partial charge on any atom is 0.137 e. The summed E-state index contributed by atoms with van der Waals surface area (Å²) < 4.78 is 5.26. The summed E-state index contributed by atoms with van der Waals surface area (Å²) in [6.45, 7) is 6.55. The van der Waals surface area contributed by atoms with E-state index in [1.807, 2.05) is 61.5 Å². The second-order valence-electron chi connectivity index (χ2n) is 8.17. The third-order valence-electron chi connectivity index (χ3n) is 4.94. The largest absolute Gasteiger partial charge is 0.497 e. The summed E-state index contributed by atoms with van der Waals surface area (Å²) in [5.41, 5.74) is 5.58. The summed E-state index contributed by atoms with van der Waals surface area (Å²) in [4.78, 5) is 11.4. The zero-order valence-electron chi connectivity index (χ0n) is 19.7. The number of rotatable bonds is 9. The van der Waals surface area contributed by atoms with Crippen molar-refractivity contribution in [3.05, 3.63) is 59.9 Å². The molecule has 7 nitrogen and oxygen atoms in total. The minimum absolute atomic E-state index is 0.193. The molecular formula is C25H32N6O. The minimum atomic E-state index is 0.193. The van der Waals surface area contributed by atoms with E-state index in [4.69, 9.17) is 15.1 Å². The summed E-state index contributed by atoms with van der Waals surface area (Å²) >= 11 is 0. The number of nitrogens with one attached hydrogen (secondary N) is 3. The standard InChI is InChI=1S/C25H32N6O/c1-16(2)29-24-22(28-15-18-9-11-19(32-6)12-10-18)14-21(30-23(24)17(3)26)20-8-7-13-27-25(20)31(4)5/h7-14,16,26,29H,15H2,1-6H3,(H,28,30). The van der Waals surface area contributed by atoms with Gasteiger partial charge >= 0.3 is 0 Å². The number of methoxy groups -OCH3 is 1. The van der Waals surface area contributed by atoms with E-state index in [1.165, 1.54) is 0 Å². The topological polar surface area (TPSA) is 86.2 Å². The van der Waals surface area contributed by atoms with Crippen LogP contribution in [0.3, 0.4) is 0 Å². The van der Waals surface area contributed by atoms with Crippen LogP contribution in [0.5, 0.6) is 5.75 Å². The highest BCUT2D eigenvalue weighted by Crippen LogP contribution is 2.34. The molecule has 0 atom stereocenters. The normalized spacial score (nSPS) is 10.7. The highest BCUT2D eigenvalue weighted by molar-refractivity contribution is 6.03. The SMILES string of the molecule is COc1ccc(CNc2cc(-c3cccnc3N(C)C)nc(C(C)=N)c2NC(C)C)cc1. The van der Waals surface area contributed by atoms with Gasteiger partial charge in [0.25, 0.3) is 0 Å². The van der Waals surface area contributed by atoms with Crippen molar-refractivity contribution in [1.82, 2.24) is 9.97 Å². The molecule has 7 heteroatoms. The van der Waals surface area contributed by atoms with Crippen molar-refractivity contribution in [2.24, 2.45) is 0 Å². The van der Waals surface area contributed by atoms with E-state index in [1.54, 1.807) is 20.2 Å². The number of benzene rings is 1. The maximum atomic E-state index is 8.39. The second kappa shape index (κ2) is 10.1. The third-order valence-corrected chi connectivity index (χ3v) is 4.94. The smallest absolute Gasteiger partial charge is 0.137 e. The molecule has 0 aliphatic carbocycles. The Morgan fingerprint density at radius 2 is 1.88 bits per heavy atom. The van der Waals surface area contributed by atoms with E-state index in [0.717, 1.165) is 39.8 Å². The van der Waals surface area contributed by atoms with E-state index >= 15 is 0 Å². The highest BCUT2D eigenvalue weighted by Gasteiger charge is 2.18. The van der Waals surface area contributed by atoms with Gasteiger partial charge in [-0.1, -0.05) is 12.1 Å². The quantitative estimate of drug-likeness (QED) is 0.411. The molecule has 2 aromatic heterocycles. The van der Waals surface area contributed by atoms with E-state index in [-0.39, 0.29) is 6.04 Å². The Kier molecular flexibility index (Phi) is 7.30. The summed E-state index contributed by atoms with van der Waals surface area (Å²) in [5.74, 6) is 1.66. The first-order valence-electron chi connectivity index (χ1n) is 10.7. The number of hydrogen-bond acceptors (Lipinski definition) is 7. The van der Waals surface area contributed by atoms with Crippen LogP contribution in [0.4, 0.5) is 17.2 Å². The maximum absolute atomic E-state index is 8.39. The lowest BCUT2D eigenvalue weighted by atomic mass is 10.1. The predicted molar refractivity (Wildman–Crippen MR) is 133 cm³/mol. The van der Waals surface area contributed by atoms with Crippen LogP contribution in [0.25, 0.3) is 11.3 Å². The first-order chi connectivity index (χ1) is 15.3. The molecule has 3 rings (SSSR count). The molecule has 168 valence electrons. The lowest BCUT2D eigenvalue weighted by Crippen LogP contribution is -2.17. The molecular weight excluding hydrogens is 400 g/mol.